The SMILES string of the molecule is CC(C)(C#N)C(=O)NC1CNC(=O)C1. The summed E-state index contributed by atoms with van der Waals surface area (Å²) in [4.78, 5) is 22.3. The highest BCUT2D eigenvalue weighted by Gasteiger charge is 2.31. The lowest BCUT2D eigenvalue weighted by atomic mass is 9.94. The van der Waals surface area contributed by atoms with Gasteiger partial charge in [0.1, 0.15) is 5.41 Å². The normalized spacial score (nSPS) is 21.2. The Bertz CT molecular complexity index is 304. The van der Waals surface area contributed by atoms with Crippen LogP contribution in [0.2, 0.25) is 0 Å². The Morgan fingerprint density at radius 3 is 2.79 bits per heavy atom. The average molecular weight is 195 g/mol. The van der Waals surface area contributed by atoms with Crippen LogP contribution in [0.4, 0.5) is 0 Å². The molecule has 5 nitrogen and oxygen atoms in total. The molecule has 1 aliphatic rings. The third-order valence-corrected chi connectivity index (χ3v) is 2.16. The molecule has 2 amide bonds. The number of carbonyl (C=O) groups is 2. The number of nitriles is 1. The van der Waals surface area contributed by atoms with Crippen LogP contribution in [0.5, 0.6) is 0 Å². The standard InChI is InChI=1S/C9H13N3O2/c1-9(2,5-10)8(14)12-6-3-7(13)11-4-6/h6H,3-4H2,1-2H3,(H,11,13)(H,12,14). The van der Waals surface area contributed by atoms with Gasteiger partial charge in [0.25, 0.3) is 0 Å². The molecule has 1 saturated heterocycles. The first-order valence-corrected chi connectivity index (χ1v) is 4.44. The molecular formula is C9H13N3O2. The Labute approximate surface area is 82.5 Å². The third-order valence-electron chi connectivity index (χ3n) is 2.16. The summed E-state index contributed by atoms with van der Waals surface area (Å²) in [5.74, 6) is -0.397. The summed E-state index contributed by atoms with van der Waals surface area (Å²) in [6, 6.07) is 1.73. The van der Waals surface area contributed by atoms with Gasteiger partial charge in [-0.2, -0.15) is 5.26 Å². The quantitative estimate of drug-likeness (QED) is 0.625. The molecule has 1 atom stereocenters. The minimum Gasteiger partial charge on any atom is -0.354 e. The van der Waals surface area contributed by atoms with Crippen LogP contribution in [0.1, 0.15) is 20.3 Å². The fourth-order valence-electron chi connectivity index (χ4n) is 1.12. The Morgan fingerprint density at radius 2 is 2.36 bits per heavy atom. The molecule has 1 heterocycles. The molecule has 0 aromatic heterocycles. The fraction of sp³-hybridized carbons (Fsp3) is 0.667. The molecule has 1 unspecified atom stereocenters. The average Bonchev–Trinajstić information content (AvgIpc) is 2.51. The fourth-order valence-corrected chi connectivity index (χ4v) is 1.12. The van der Waals surface area contributed by atoms with Crippen LogP contribution in [-0.4, -0.2) is 24.4 Å². The van der Waals surface area contributed by atoms with E-state index in [1.165, 1.54) is 0 Å². The molecule has 1 fully saturated rings. The summed E-state index contributed by atoms with van der Waals surface area (Å²) in [7, 11) is 0. The van der Waals surface area contributed by atoms with Gasteiger partial charge in [0.15, 0.2) is 0 Å². The molecule has 14 heavy (non-hydrogen) atoms. The van der Waals surface area contributed by atoms with Crippen molar-refractivity contribution in [1.82, 2.24) is 10.6 Å². The Balaban J connectivity index is 2.50. The first kappa shape index (κ1) is 10.5. The summed E-state index contributed by atoms with van der Waals surface area (Å²) in [6.45, 7) is 3.55. The molecule has 0 spiro atoms. The van der Waals surface area contributed by atoms with Crippen LogP contribution in [0.25, 0.3) is 0 Å². The topological polar surface area (TPSA) is 82.0 Å². The number of hydrogen-bond acceptors (Lipinski definition) is 3. The van der Waals surface area contributed by atoms with Crippen molar-refractivity contribution in [2.75, 3.05) is 6.54 Å². The van der Waals surface area contributed by atoms with Gasteiger partial charge >= 0.3 is 0 Å². The zero-order chi connectivity index (χ0) is 10.8. The van der Waals surface area contributed by atoms with E-state index in [0.29, 0.717) is 13.0 Å². The first-order chi connectivity index (χ1) is 6.45. The zero-order valence-corrected chi connectivity index (χ0v) is 8.26. The minimum atomic E-state index is -1.04. The van der Waals surface area contributed by atoms with Crippen LogP contribution in [-0.2, 0) is 9.59 Å². The largest absolute Gasteiger partial charge is 0.354 e. The Kier molecular flexibility index (Phi) is 2.75. The molecule has 1 rings (SSSR count). The van der Waals surface area contributed by atoms with Crippen molar-refractivity contribution < 1.29 is 9.59 Å². The highest BCUT2D eigenvalue weighted by atomic mass is 16.2. The van der Waals surface area contributed by atoms with Crippen LogP contribution >= 0.6 is 0 Å². The molecule has 0 aromatic carbocycles. The van der Waals surface area contributed by atoms with Gasteiger partial charge in [-0.15, -0.1) is 0 Å². The van der Waals surface area contributed by atoms with Gasteiger partial charge in [0.05, 0.1) is 12.1 Å². The van der Waals surface area contributed by atoms with E-state index in [4.69, 9.17) is 5.26 Å². The molecule has 0 aromatic rings. The lowest BCUT2D eigenvalue weighted by molar-refractivity contribution is -0.127. The lowest BCUT2D eigenvalue weighted by Gasteiger charge is -2.18. The van der Waals surface area contributed by atoms with E-state index >= 15 is 0 Å². The molecule has 0 bridgehead atoms. The van der Waals surface area contributed by atoms with E-state index in [0.717, 1.165) is 0 Å². The van der Waals surface area contributed by atoms with E-state index < -0.39 is 5.41 Å². The van der Waals surface area contributed by atoms with Gasteiger partial charge in [0, 0.05) is 13.0 Å². The van der Waals surface area contributed by atoms with Crippen molar-refractivity contribution >= 4 is 11.8 Å². The number of hydrogen-bond donors (Lipinski definition) is 2. The van der Waals surface area contributed by atoms with E-state index in [-0.39, 0.29) is 17.9 Å². The summed E-state index contributed by atoms with van der Waals surface area (Å²) in [5, 5.41) is 14.0. The van der Waals surface area contributed by atoms with Gasteiger partial charge in [-0.3, -0.25) is 9.59 Å². The predicted octanol–water partition coefficient (Wildman–Crippen LogP) is -0.459. The van der Waals surface area contributed by atoms with Gasteiger partial charge in [-0.25, -0.2) is 0 Å². The second kappa shape index (κ2) is 3.66. The highest BCUT2D eigenvalue weighted by molar-refractivity contribution is 5.86. The molecule has 0 saturated carbocycles. The van der Waals surface area contributed by atoms with Crippen LogP contribution < -0.4 is 10.6 Å². The van der Waals surface area contributed by atoms with Gasteiger partial charge in [-0.05, 0) is 13.8 Å². The third kappa shape index (κ3) is 2.22. The van der Waals surface area contributed by atoms with Crippen molar-refractivity contribution in [2.24, 2.45) is 5.41 Å². The second-order valence-corrected chi connectivity index (χ2v) is 3.92. The number of nitrogens with zero attached hydrogens (tertiary/aromatic N) is 1. The number of nitrogens with one attached hydrogen (secondary N) is 2. The lowest BCUT2D eigenvalue weighted by Crippen LogP contribution is -2.43. The summed E-state index contributed by atoms with van der Waals surface area (Å²) < 4.78 is 0. The Hall–Kier alpha value is -1.57. The monoisotopic (exact) mass is 195 g/mol. The van der Waals surface area contributed by atoms with Crippen LogP contribution in [0.3, 0.4) is 0 Å². The highest BCUT2D eigenvalue weighted by Crippen LogP contribution is 2.14. The molecule has 0 aliphatic carbocycles. The van der Waals surface area contributed by atoms with Crippen LogP contribution in [0.15, 0.2) is 0 Å². The van der Waals surface area contributed by atoms with Crippen molar-refractivity contribution in [3.05, 3.63) is 0 Å². The maximum Gasteiger partial charge on any atom is 0.240 e. The van der Waals surface area contributed by atoms with Gasteiger partial charge in [0.2, 0.25) is 11.8 Å². The molecule has 0 radical (unpaired) electrons. The Morgan fingerprint density at radius 1 is 1.71 bits per heavy atom. The maximum atomic E-state index is 11.5. The number of amides is 2. The second-order valence-electron chi connectivity index (χ2n) is 3.92. The van der Waals surface area contributed by atoms with Gasteiger partial charge in [-0.1, -0.05) is 0 Å². The summed E-state index contributed by atoms with van der Waals surface area (Å²) in [6.07, 6.45) is 0.299. The summed E-state index contributed by atoms with van der Waals surface area (Å²) in [5.41, 5.74) is -1.04. The zero-order valence-electron chi connectivity index (χ0n) is 8.26. The van der Waals surface area contributed by atoms with Crippen LogP contribution in [0, 0.1) is 16.7 Å². The molecule has 76 valence electrons. The van der Waals surface area contributed by atoms with E-state index in [9.17, 15) is 9.59 Å². The van der Waals surface area contributed by atoms with Crippen molar-refractivity contribution in [3.63, 3.8) is 0 Å². The van der Waals surface area contributed by atoms with Crippen molar-refractivity contribution in [3.8, 4) is 6.07 Å². The minimum absolute atomic E-state index is 0.0648. The molecule has 5 heteroatoms. The molecular weight excluding hydrogens is 182 g/mol. The van der Waals surface area contributed by atoms with Gasteiger partial charge < -0.3 is 10.6 Å². The summed E-state index contributed by atoms with van der Waals surface area (Å²) >= 11 is 0. The number of carbonyl (C=O) groups excluding carboxylic acids is 2. The predicted molar refractivity (Wildman–Crippen MR) is 49.0 cm³/mol. The van der Waals surface area contributed by atoms with E-state index in [2.05, 4.69) is 10.6 Å². The van der Waals surface area contributed by atoms with Crippen molar-refractivity contribution in [1.29, 1.82) is 5.26 Å². The van der Waals surface area contributed by atoms with E-state index in [1.54, 1.807) is 13.8 Å². The van der Waals surface area contributed by atoms with E-state index in [1.807, 2.05) is 6.07 Å². The smallest absolute Gasteiger partial charge is 0.240 e. The first-order valence-electron chi connectivity index (χ1n) is 4.44. The number of rotatable bonds is 2. The molecule has 1 aliphatic heterocycles. The van der Waals surface area contributed by atoms with Crippen molar-refractivity contribution in [2.45, 2.75) is 26.3 Å². The maximum absolute atomic E-state index is 11.5. The molecule has 2 N–H and O–H groups in total.